The van der Waals surface area contributed by atoms with Crippen molar-refractivity contribution < 1.29 is 14.2 Å². The first kappa shape index (κ1) is 18.4. The second-order valence-electron chi connectivity index (χ2n) is 4.80. The Kier molecular flexibility index (Phi) is 8.19. The fourth-order valence-electron chi connectivity index (χ4n) is 2.39. The van der Waals surface area contributed by atoms with Crippen molar-refractivity contribution in [3.63, 3.8) is 0 Å². The molecule has 1 aromatic carbocycles. The van der Waals surface area contributed by atoms with Gasteiger partial charge in [-0.25, -0.2) is 0 Å². The number of halogens is 2. The standard InChI is InChI=1S/C15H22ClNO3.ClH/c1-3-19-15-11(7-12(16)8-14(15)18-2)9-17-10-13-5-4-6-20-13;/h7-8,13,17H,3-6,9-10H2,1-2H3;1H. The van der Waals surface area contributed by atoms with E-state index >= 15 is 0 Å². The van der Waals surface area contributed by atoms with Crippen molar-refractivity contribution in [1.29, 1.82) is 0 Å². The highest BCUT2D eigenvalue weighted by molar-refractivity contribution is 6.30. The van der Waals surface area contributed by atoms with Crippen LogP contribution in [0, 0.1) is 0 Å². The van der Waals surface area contributed by atoms with Crippen molar-refractivity contribution >= 4 is 24.0 Å². The van der Waals surface area contributed by atoms with E-state index in [1.54, 1.807) is 13.2 Å². The van der Waals surface area contributed by atoms with E-state index in [0.29, 0.717) is 30.0 Å². The third-order valence-electron chi connectivity index (χ3n) is 3.32. The number of rotatable bonds is 7. The summed E-state index contributed by atoms with van der Waals surface area (Å²) in [7, 11) is 1.62. The fourth-order valence-corrected chi connectivity index (χ4v) is 2.62. The zero-order chi connectivity index (χ0) is 14.4. The van der Waals surface area contributed by atoms with Gasteiger partial charge in [0.1, 0.15) is 0 Å². The van der Waals surface area contributed by atoms with Gasteiger partial charge < -0.3 is 19.5 Å². The predicted octanol–water partition coefficient (Wildman–Crippen LogP) is 3.44. The van der Waals surface area contributed by atoms with E-state index in [4.69, 9.17) is 25.8 Å². The molecule has 1 fully saturated rings. The van der Waals surface area contributed by atoms with Gasteiger partial charge in [0.2, 0.25) is 0 Å². The van der Waals surface area contributed by atoms with Crippen LogP contribution in [-0.4, -0.2) is 33.0 Å². The zero-order valence-corrected chi connectivity index (χ0v) is 14.1. The number of methoxy groups -OCH3 is 1. The van der Waals surface area contributed by atoms with E-state index in [1.165, 1.54) is 0 Å². The molecule has 1 N–H and O–H groups in total. The lowest BCUT2D eigenvalue weighted by molar-refractivity contribution is 0.110. The second-order valence-corrected chi connectivity index (χ2v) is 5.23. The van der Waals surface area contributed by atoms with Gasteiger partial charge in [0.05, 0.1) is 19.8 Å². The molecule has 0 aromatic heterocycles. The Morgan fingerprint density at radius 1 is 1.43 bits per heavy atom. The van der Waals surface area contributed by atoms with E-state index in [2.05, 4.69) is 5.32 Å². The second kappa shape index (κ2) is 9.36. The van der Waals surface area contributed by atoms with Crippen molar-refractivity contribution in [2.24, 2.45) is 0 Å². The molecule has 1 saturated heterocycles. The predicted molar refractivity (Wildman–Crippen MR) is 87.1 cm³/mol. The zero-order valence-electron chi connectivity index (χ0n) is 12.5. The highest BCUT2D eigenvalue weighted by Gasteiger charge is 2.16. The normalized spacial score (nSPS) is 17.4. The maximum Gasteiger partial charge on any atom is 0.165 e. The molecular formula is C15H23Cl2NO3. The van der Waals surface area contributed by atoms with Gasteiger partial charge in [-0.15, -0.1) is 12.4 Å². The van der Waals surface area contributed by atoms with Crippen LogP contribution in [-0.2, 0) is 11.3 Å². The van der Waals surface area contributed by atoms with Crippen LogP contribution >= 0.6 is 24.0 Å². The first-order valence-corrected chi connectivity index (χ1v) is 7.44. The van der Waals surface area contributed by atoms with E-state index in [-0.39, 0.29) is 12.4 Å². The Bertz CT molecular complexity index is 437. The molecule has 6 heteroatoms. The quantitative estimate of drug-likeness (QED) is 0.828. The summed E-state index contributed by atoms with van der Waals surface area (Å²) in [5.74, 6) is 1.44. The average molecular weight is 336 g/mol. The molecule has 0 bridgehead atoms. The molecule has 0 radical (unpaired) electrons. The van der Waals surface area contributed by atoms with Gasteiger partial charge >= 0.3 is 0 Å². The molecular weight excluding hydrogens is 313 g/mol. The van der Waals surface area contributed by atoms with Crippen LogP contribution in [0.5, 0.6) is 11.5 Å². The molecule has 1 atom stereocenters. The summed E-state index contributed by atoms with van der Waals surface area (Å²) in [5, 5.41) is 4.05. The van der Waals surface area contributed by atoms with E-state index in [9.17, 15) is 0 Å². The third-order valence-corrected chi connectivity index (χ3v) is 3.53. The van der Waals surface area contributed by atoms with E-state index in [1.807, 2.05) is 13.0 Å². The molecule has 1 unspecified atom stereocenters. The Labute approximate surface area is 137 Å². The van der Waals surface area contributed by atoms with Crippen LogP contribution in [0.4, 0.5) is 0 Å². The lowest BCUT2D eigenvalue weighted by atomic mass is 10.1. The van der Waals surface area contributed by atoms with Crippen LogP contribution in [0.25, 0.3) is 0 Å². The minimum Gasteiger partial charge on any atom is -0.493 e. The highest BCUT2D eigenvalue weighted by Crippen LogP contribution is 2.34. The molecule has 4 nitrogen and oxygen atoms in total. The number of hydrogen-bond donors (Lipinski definition) is 1. The van der Waals surface area contributed by atoms with Gasteiger partial charge in [-0.3, -0.25) is 0 Å². The van der Waals surface area contributed by atoms with Gasteiger partial charge in [-0.05, 0) is 25.8 Å². The molecule has 0 saturated carbocycles. The Morgan fingerprint density at radius 3 is 2.86 bits per heavy atom. The molecule has 1 aliphatic heterocycles. The summed E-state index contributed by atoms with van der Waals surface area (Å²) in [4.78, 5) is 0. The number of nitrogens with one attached hydrogen (secondary N) is 1. The lowest BCUT2D eigenvalue weighted by Crippen LogP contribution is -2.26. The molecule has 2 rings (SSSR count). The molecule has 0 amide bonds. The van der Waals surface area contributed by atoms with Crippen LogP contribution in [0.3, 0.4) is 0 Å². The molecule has 120 valence electrons. The van der Waals surface area contributed by atoms with E-state index in [0.717, 1.165) is 37.3 Å². The molecule has 1 heterocycles. The summed E-state index contributed by atoms with van der Waals surface area (Å²) in [6.07, 6.45) is 2.61. The molecule has 1 aliphatic rings. The van der Waals surface area contributed by atoms with Crippen LogP contribution < -0.4 is 14.8 Å². The van der Waals surface area contributed by atoms with Crippen molar-refractivity contribution in [3.8, 4) is 11.5 Å². The van der Waals surface area contributed by atoms with Crippen molar-refractivity contribution in [1.82, 2.24) is 5.32 Å². The monoisotopic (exact) mass is 335 g/mol. The van der Waals surface area contributed by atoms with E-state index < -0.39 is 0 Å². The van der Waals surface area contributed by atoms with Crippen LogP contribution in [0.2, 0.25) is 5.02 Å². The van der Waals surface area contributed by atoms with Gasteiger partial charge in [0.15, 0.2) is 11.5 Å². The largest absolute Gasteiger partial charge is 0.493 e. The number of benzene rings is 1. The molecule has 21 heavy (non-hydrogen) atoms. The maximum atomic E-state index is 6.12. The van der Waals surface area contributed by atoms with Crippen LogP contribution in [0.1, 0.15) is 25.3 Å². The van der Waals surface area contributed by atoms with Crippen molar-refractivity contribution in [3.05, 3.63) is 22.7 Å². The first-order chi connectivity index (χ1) is 9.74. The smallest absolute Gasteiger partial charge is 0.165 e. The Balaban J connectivity index is 0.00000220. The highest BCUT2D eigenvalue weighted by atomic mass is 35.5. The Hall–Kier alpha value is -0.680. The summed E-state index contributed by atoms with van der Waals surface area (Å²) in [5.41, 5.74) is 1.01. The van der Waals surface area contributed by atoms with Gasteiger partial charge in [-0.1, -0.05) is 11.6 Å². The SMILES string of the molecule is CCOc1c(CNCC2CCCO2)cc(Cl)cc1OC.Cl. The number of hydrogen-bond acceptors (Lipinski definition) is 4. The summed E-state index contributed by atoms with van der Waals surface area (Å²) in [6, 6.07) is 3.69. The van der Waals surface area contributed by atoms with Gasteiger partial charge in [-0.2, -0.15) is 0 Å². The molecule has 0 spiro atoms. The third kappa shape index (κ3) is 5.22. The van der Waals surface area contributed by atoms with Crippen molar-refractivity contribution in [2.45, 2.75) is 32.4 Å². The minimum atomic E-state index is 0. The van der Waals surface area contributed by atoms with Gasteiger partial charge in [0.25, 0.3) is 0 Å². The fraction of sp³-hybridized carbons (Fsp3) is 0.600. The van der Waals surface area contributed by atoms with Crippen molar-refractivity contribution in [2.75, 3.05) is 26.9 Å². The minimum absolute atomic E-state index is 0. The topological polar surface area (TPSA) is 39.7 Å². The molecule has 0 aliphatic carbocycles. The average Bonchev–Trinajstić information content (AvgIpc) is 2.94. The van der Waals surface area contributed by atoms with Gasteiger partial charge in [0, 0.05) is 36.3 Å². The summed E-state index contributed by atoms with van der Waals surface area (Å²) >= 11 is 6.12. The molecule has 1 aromatic rings. The first-order valence-electron chi connectivity index (χ1n) is 7.06. The Morgan fingerprint density at radius 2 is 2.24 bits per heavy atom. The maximum absolute atomic E-state index is 6.12. The number of ether oxygens (including phenoxy) is 3. The summed E-state index contributed by atoms with van der Waals surface area (Å²) in [6.45, 7) is 4.96. The van der Waals surface area contributed by atoms with Crippen LogP contribution in [0.15, 0.2) is 12.1 Å². The summed E-state index contributed by atoms with van der Waals surface area (Å²) < 4.78 is 16.6. The lowest BCUT2D eigenvalue weighted by Gasteiger charge is -2.16.